The Kier molecular flexibility index (Phi) is 6.04. The van der Waals surface area contributed by atoms with E-state index in [0.29, 0.717) is 0 Å². The van der Waals surface area contributed by atoms with Gasteiger partial charge in [-0.15, -0.1) is 0 Å². The molecule has 1 aromatic carbocycles. The van der Waals surface area contributed by atoms with Crippen LogP contribution in [0.5, 0.6) is 0 Å². The van der Waals surface area contributed by atoms with Gasteiger partial charge in [0.1, 0.15) is 5.82 Å². The lowest BCUT2D eigenvalue weighted by Crippen LogP contribution is -2.35. The Morgan fingerprint density at radius 2 is 2.00 bits per heavy atom. The van der Waals surface area contributed by atoms with Crippen molar-refractivity contribution < 1.29 is 4.39 Å². The lowest BCUT2D eigenvalue weighted by Gasteiger charge is -2.35. The molecule has 1 heterocycles. The maximum absolute atomic E-state index is 14.4. The monoisotopic (exact) mass is 292 g/mol. The molecule has 1 aliphatic rings. The second kappa shape index (κ2) is 7.79. The highest BCUT2D eigenvalue weighted by molar-refractivity contribution is 5.55. The van der Waals surface area contributed by atoms with E-state index in [2.05, 4.69) is 18.7 Å². The minimum atomic E-state index is -0.0928. The van der Waals surface area contributed by atoms with Crippen LogP contribution in [0.25, 0.3) is 0 Å². The van der Waals surface area contributed by atoms with Gasteiger partial charge in [-0.1, -0.05) is 38.8 Å². The summed E-state index contributed by atoms with van der Waals surface area (Å²) in [7, 11) is 0. The normalized spacial score (nSPS) is 18.0. The lowest BCUT2D eigenvalue weighted by molar-refractivity contribution is 0.376. The first-order valence-corrected chi connectivity index (χ1v) is 8.43. The van der Waals surface area contributed by atoms with E-state index < -0.39 is 0 Å². The maximum atomic E-state index is 14.4. The van der Waals surface area contributed by atoms with Crippen LogP contribution < -0.4 is 10.6 Å². The van der Waals surface area contributed by atoms with Crippen LogP contribution in [0.4, 0.5) is 10.1 Å². The molecule has 2 nitrogen and oxygen atoms in total. The number of piperidine rings is 1. The summed E-state index contributed by atoms with van der Waals surface area (Å²) in [6.45, 7) is 6.27. The molecular formula is C18H29FN2. The molecule has 21 heavy (non-hydrogen) atoms. The average Bonchev–Trinajstić information content (AvgIpc) is 2.49. The molecule has 0 saturated carbocycles. The third-order valence-corrected chi connectivity index (χ3v) is 4.70. The molecule has 1 unspecified atom stereocenters. The van der Waals surface area contributed by atoms with Crippen molar-refractivity contribution in [2.45, 2.75) is 58.4 Å². The summed E-state index contributed by atoms with van der Waals surface area (Å²) in [6, 6.07) is 5.53. The molecule has 1 aromatic rings. The summed E-state index contributed by atoms with van der Waals surface area (Å²) in [4.78, 5) is 2.24. The molecule has 2 rings (SSSR count). The highest BCUT2D eigenvalue weighted by Gasteiger charge is 2.23. The van der Waals surface area contributed by atoms with Gasteiger partial charge in [-0.05, 0) is 43.2 Å². The molecule has 1 aliphatic heterocycles. The van der Waals surface area contributed by atoms with Gasteiger partial charge in [-0.2, -0.15) is 0 Å². The van der Waals surface area contributed by atoms with Gasteiger partial charge in [0, 0.05) is 19.1 Å². The number of rotatable bonds is 6. The topological polar surface area (TPSA) is 29.3 Å². The van der Waals surface area contributed by atoms with E-state index >= 15 is 0 Å². The van der Waals surface area contributed by atoms with Crippen LogP contribution >= 0.6 is 0 Å². The Morgan fingerprint density at radius 3 is 2.62 bits per heavy atom. The van der Waals surface area contributed by atoms with E-state index in [1.165, 1.54) is 25.7 Å². The van der Waals surface area contributed by atoms with Crippen molar-refractivity contribution in [1.82, 2.24) is 0 Å². The SMILES string of the molecule is CCCC1CCN(c2c(F)cccc2CC(N)CC)CC1. The van der Waals surface area contributed by atoms with E-state index in [1.807, 2.05) is 6.07 Å². The van der Waals surface area contributed by atoms with Gasteiger partial charge in [0.25, 0.3) is 0 Å². The lowest BCUT2D eigenvalue weighted by atomic mass is 9.91. The Morgan fingerprint density at radius 1 is 1.29 bits per heavy atom. The predicted octanol–water partition coefficient (Wildman–Crippen LogP) is 4.12. The van der Waals surface area contributed by atoms with Crippen LogP contribution in [-0.2, 0) is 6.42 Å². The molecule has 2 N–H and O–H groups in total. The van der Waals surface area contributed by atoms with E-state index in [1.54, 1.807) is 12.1 Å². The third-order valence-electron chi connectivity index (χ3n) is 4.70. The van der Waals surface area contributed by atoms with E-state index in [0.717, 1.165) is 43.1 Å². The Bertz CT molecular complexity index is 439. The predicted molar refractivity (Wildman–Crippen MR) is 88.2 cm³/mol. The first-order chi connectivity index (χ1) is 10.2. The van der Waals surface area contributed by atoms with Crippen molar-refractivity contribution in [3.63, 3.8) is 0 Å². The van der Waals surface area contributed by atoms with Gasteiger partial charge in [0.2, 0.25) is 0 Å². The molecule has 1 fully saturated rings. The fourth-order valence-electron chi connectivity index (χ4n) is 3.36. The highest BCUT2D eigenvalue weighted by atomic mass is 19.1. The maximum Gasteiger partial charge on any atom is 0.146 e. The molecule has 0 amide bonds. The van der Waals surface area contributed by atoms with E-state index in [9.17, 15) is 4.39 Å². The molecule has 0 bridgehead atoms. The van der Waals surface area contributed by atoms with Gasteiger partial charge < -0.3 is 10.6 Å². The zero-order valence-corrected chi connectivity index (χ0v) is 13.4. The summed E-state index contributed by atoms with van der Waals surface area (Å²) in [6.07, 6.45) is 6.61. The number of hydrogen-bond acceptors (Lipinski definition) is 2. The van der Waals surface area contributed by atoms with Gasteiger partial charge in [0.05, 0.1) is 5.69 Å². The first kappa shape index (κ1) is 16.3. The number of nitrogens with zero attached hydrogens (tertiary/aromatic N) is 1. The molecular weight excluding hydrogens is 263 g/mol. The first-order valence-electron chi connectivity index (χ1n) is 8.43. The summed E-state index contributed by atoms with van der Waals surface area (Å²) >= 11 is 0. The minimum absolute atomic E-state index is 0.0928. The number of nitrogens with two attached hydrogens (primary N) is 1. The number of anilines is 1. The highest BCUT2D eigenvalue weighted by Crippen LogP contribution is 2.31. The van der Waals surface area contributed by atoms with Crippen LogP contribution in [-0.4, -0.2) is 19.1 Å². The Hall–Kier alpha value is -1.09. The van der Waals surface area contributed by atoms with E-state index in [4.69, 9.17) is 5.73 Å². The molecule has 0 aliphatic carbocycles. The van der Waals surface area contributed by atoms with Crippen molar-refractivity contribution in [2.75, 3.05) is 18.0 Å². The van der Waals surface area contributed by atoms with E-state index in [-0.39, 0.29) is 11.9 Å². The number of para-hydroxylation sites is 1. The molecule has 0 radical (unpaired) electrons. The standard InChI is InChI=1S/C18H29FN2/c1-3-6-14-9-11-21(12-10-14)18-15(13-16(20)4-2)7-5-8-17(18)19/h5,7-8,14,16H,3-4,6,9-13,20H2,1-2H3. The number of benzene rings is 1. The Labute approximate surface area is 128 Å². The summed E-state index contributed by atoms with van der Waals surface area (Å²) in [5.41, 5.74) is 7.94. The molecule has 1 atom stereocenters. The van der Waals surface area contributed by atoms with Crippen molar-refractivity contribution in [3.8, 4) is 0 Å². The Balaban J connectivity index is 2.12. The second-order valence-electron chi connectivity index (χ2n) is 6.34. The van der Waals surface area contributed by atoms with Crippen LogP contribution in [0.3, 0.4) is 0 Å². The molecule has 0 spiro atoms. The smallest absolute Gasteiger partial charge is 0.146 e. The van der Waals surface area contributed by atoms with Gasteiger partial charge in [-0.3, -0.25) is 0 Å². The van der Waals surface area contributed by atoms with Gasteiger partial charge in [0.15, 0.2) is 0 Å². The van der Waals surface area contributed by atoms with Crippen molar-refractivity contribution in [2.24, 2.45) is 11.7 Å². The molecule has 118 valence electrons. The average molecular weight is 292 g/mol. The van der Waals surface area contributed by atoms with Crippen LogP contribution in [0.2, 0.25) is 0 Å². The molecule has 0 aromatic heterocycles. The number of hydrogen-bond donors (Lipinski definition) is 1. The quantitative estimate of drug-likeness (QED) is 0.854. The van der Waals surface area contributed by atoms with Gasteiger partial charge >= 0.3 is 0 Å². The summed E-state index contributed by atoms with van der Waals surface area (Å²) in [5, 5.41) is 0. The van der Waals surface area contributed by atoms with Crippen molar-refractivity contribution in [1.29, 1.82) is 0 Å². The number of halogens is 1. The second-order valence-corrected chi connectivity index (χ2v) is 6.34. The molecule has 1 saturated heterocycles. The fraction of sp³-hybridized carbons (Fsp3) is 0.667. The van der Waals surface area contributed by atoms with Gasteiger partial charge in [-0.25, -0.2) is 4.39 Å². The fourth-order valence-corrected chi connectivity index (χ4v) is 3.36. The van der Waals surface area contributed by atoms with Crippen molar-refractivity contribution in [3.05, 3.63) is 29.6 Å². The third kappa shape index (κ3) is 4.19. The van der Waals surface area contributed by atoms with Crippen LogP contribution in [0.1, 0.15) is 51.5 Å². The summed E-state index contributed by atoms with van der Waals surface area (Å²) in [5.74, 6) is 0.726. The van der Waals surface area contributed by atoms with Crippen LogP contribution in [0, 0.1) is 11.7 Å². The largest absolute Gasteiger partial charge is 0.369 e. The zero-order valence-electron chi connectivity index (χ0n) is 13.4. The zero-order chi connectivity index (χ0) is 15.2. The summed E-state index contributed by atoms with van der Waals surface area (Å²) < 4.78 is 14.4. The minimum Gasteiger partial charge on any atom is -0.369 e. The van der Waals surface area contributed by atoms with Crippen LogP contribution in [0.15, 0.2) is 18.2 Å². The molecule has 3 heteroatoms. The van der Waals surface area contributed by atoms with Crippen molar-refractivity contribution >= 4 is 5.69 Å².